The molecule has 1 aromatic rings. The maximum atomic E-state index is 10.9. The van der Waals surface area contributed by atoms with Crippen LogP contribution < -0.4 is 0 Å². The van der Waals surface area contributed by atoms with Gasteiger partial charge in [0.2, 0.25) is 0 Å². The van der Waals surface area contributed by atoms with Crippen LogP contribution in [0.5, 0.6) is 0 Å². The highest BCUT2D eigenvalue weighted by molar-refractivity contribution is 9.08. The molecule has 0 fully saturated rings. The van der Waals surface area contributed by atoms with E-state index in [1.807, 2.05) is 0 Å². The van der Waals surface area contributed by atoms with E-state index in [2.05, 4.69) is 20.9 Å². The van der Waals surface area contributed by atoms with Crippen LogP contribution in [0.25, 0.3) is 0 Å². The van der Waals surface area contributed by atoms with E-state index in [9.17, 15) is 4.79 Å². The fourth-order valence-electron chi connectivity index (χ4n) is 0.759. The van der Waals surface area contributed by atoms with E-state index in [1.54, 1.807) is 12.1 Å². The van der Waals surface area contributed by atoms with E-state index < -0.39 is 0 Å². The van der Waals surface area contributed by atoms with E-state index >= 15 is 0 Å². The molecular weight excluding hydrogens is 241 g/mol. The lowest BCUT2D eigenvalue weighted by atomic mass is 10.2. The average molecular weight is 249 g/mol. The summed E-state index contributed by atoms with van der Waals surface area (Å²) in [5.74, 6) is -0.0713. The van der Waals surface area contributed by atoms with Gasteiger partial charge in [0.05, 0.1) is 0 Å². The SMILES string of the molecule is CC(=O)c1ccc(CBr)c(Cl)n1. The van der Waals surface area contributed by atoms with Gasteiger partial charge >= 0.3 is 0 Å². The van der Waals surface area contributed by atoms with Crippen molar-refractivity contribution in [3.63, 3.8) is 0 Å². The lowest BCUT2D eigenvalue weighted by Crippen LogP contribution is -1.97. The number of alkyl halides is 1. The van der Waals surface area contributed by atoms with Gasteiger partial charge in [-0.25, -0.2) is 4.98 Å². The normalized spacial score (nSPS) is 9.92. The summed E-state index contributed by atoms with van der Waals surface area (Å²) in [6, 6.07) is 3.46. The Balaban J connectivity index is 3.10. The van der Waals surface area contributed by atoms with Crippen molar-refractivity contribution in [2.24, 2.45) is 0 Å². The van der Waals surface area contributed by atoms with Crippen molar-refractivity contribution in [1.82, 2.24) is 4.98 Å². The minimum atomic E-state index is -0.0713. The number of carbonyl (C=O) groups excluding carboxylic acids is 1. The summed E-state index contributed by atoms with van der Waals surface area (Å²) in [6.07, 6.45) is 0. The largest absolute Gasteiger partial charge is 0.293 e. The second-order valence-electron chi connectivity index (χ2n) is 2.34. The lowest BCUT2D eigenvalue weighted by molar-refractivity contribution is 0.101. The molecule has 0 saturated heterocycles. The first kappa shape index (κ1) is 9.68. The van der Waals surface area contributed by atoms with Gasteiger partial charge in [0.1, 0.15) is 10.8 Å². The zero-order valence-electron chi connectivity index (χ0n) is 6.47. The maximum Gasteiger partial charge on any atom is 0.178 e. The van der Waals surface area contributed by atoms with Crippen LogP contribution in [0, 0.1) is 0 Å². The van der Waals surface area contributed by atoms with Crippen molar-refractivity contribution in [2.75, 3.05) is 0 Å². The molecule has 64 valence electrons. The molecule has 0 aliphatic heterocycles. The quantitative estimate of drug-likeness (QED) is 0.458. The molecule has 1 heterocycles. The summed E-state index contributed by atoms with van der Waals surface area (Å²) >= 11 is 9.04. The Morgan fingerprint density at radius 1 is 1.67 bits per heavy atom. The maximum absolute atomic E-state index is 10.9. The molecule has 4 heteroatoms. The number of rotatable bonds is 2. The number of Topliss-reactive ketones (excluding diaryl/α,β-unsaturated/α-hetero) is 1. The highest BCUT2D eigenvalue weighted by Gasteiger charge is 2.04. The van der Waals surface area contributed by atoms with Crippen LogP contribution in [0.4, 0.5) is 0 Å². The number of pyridine rings is 1. The number of carbonyl (C=O) groups is 1. The minimum Gasteiger partial charge on any atom is -0.293 e. The molecule has 0 aromatic carbocycles. The van der Waals surface area contributed by atoms with Gasteiger partial charge in [-0.3, -0.25) is 4.79 Å². The Morgan fingerprint density at radius 3 is 2.75 bits per heavy atom. The summed E-state index contributed by atoms with van der Waals surface area (Å²) in [5, 5.41) is 1.04. The molecule has 0 aliphatic carbocycles. The Kier molecular flexibility index (Phi) is 3.23. The molecule has 0 aliphatic rings. The fourth-order valence-corrected chi connectivity index (χ4v) is 1.59. The van der Waals surface area contributed by atoms with E-state index in [4.69, 9.17) is 11.6 Å². The molecule has 0 bridgehead atoms. The predicted molar refractivity (Wildman–Crippen MR) is 51.9 cm³/mol. The van der Waals surface area contributed by atoms with E-state index in [0.29, 0.717) is 16.2 Å². The monoisotopic (exact) mass is 247 g/mol. The molecule has 1 aromatic heterocycles. The molecule has 0 atom stereocenters. The van der Waals surface area contributed by atoms with E-state index in [1.165, 1.54) is 6.92 Å². The van der Waals surface area contributed by atoms with Crippen LogP contribution in [0.2, 0.25) is 5.15 Å². The topological polar surface area (TPSA) is 30.0 Å². The van der Waals surface area contributed by atoms with Gasteiger partial charge in [0.15, 0.2) is 5.78 Å². The molecule has 0 radical (unpaired) electrons. The van der Waals surface area contributed by atoms with Crippen molar-refractivity contribution in [1.29, 1.82) is 0 Å². The molecule has 0 saturated carbocycles. The number of hydrogen-bond acceptors (Lipinski definition) is 2. The summed E-state index contributed by atoms with van der Waals surface area (Å²) in [7, 11) is 0. The first-order valence-corrected chi connectivity index (χ1v) is 4.87. The molecule has 0 N–H and O–H groups in total. The summed E-state index contributed by atoms with van der Waals surface area (Å²) < 4.78 is 0. The third-order valence-electron chi connectivity index (χ3n) is 1.43. The second-order valence-corrected chi connectivity index (χ2v) is 3.25. The molecule has 0 spiro atoms. The van der Waals surface area contributed by atoms with Gasteiger partial charge in [-0.15, -0.1) is 0 Å². The van der Waals surface area contributed by atoms with Crippen molar-refractivity contribution in [3.8, 4) is 0 Å². The van der Waals surface area contributed by atoms with Crippen molar-refractivity contribution < 1.29 is 4.79 Å². The number of halogens is 2. The second kappa shape index (κ2) is 4.01. The Labute approximate surface area is 84.1 Å². The molecule has 2 nitrogen and oxygen atoms in total. The Hall–Kier alpha value is -0.410. The zero-order chi connectivity index (χ0) is 9.14. The molecule has 1 rings (SSSR count). The number of hydrogen-bond donors (Lipinski definition) is 0. The average Bonchev–Trinajstić information content (AvgIpc) is 2.04. The van der Waals surface area contributed by atoms with E-state index in [-0.39, 0.29) is 5.78 Å². The molecule has 0 unspecified atom stereocenters. The highest BCUT2D eigenvalue weighted by Crippen LogP contribution is 2.16. The minimum absolute atomic E-state index is 0.0713. The van der Waals surface area contributed by atoms with Crippen LogP contribution in [0.1, 0.15) is 23.0 Å². The number of aromatic nitrogens is 1. The summed E-state index contributed by atoms with van der Waals surface area (Å²) in [6.45, 7) is 1.46. The third kappa shape index (κ3) is 2.05. The highest BCUT2D eigenvalue weighted by atomic mass is 79.9. The van der Waals surface area contributed by atoms with Gasteiger partial charge in [-0.05, 0) is 6.07 Å². The van der Waals surface area contributed by atoms with Crippen LogP contribution in [-0.2, 0) is 5.33 Å². The van der Waals surface area contributed by atoms with Gasteiger partial charge in [-0.2, -0.15) is 0 Å². The molecular formula is C8H7BrClNO. The Morgan fingerprint density at radius 2 is 2.33 bits per heavy atom. The standard InChI is InChI=1S/C8H7BrClNO/c1-5(12)7-3-2-6(4-9)8(10)11-7/h2-3H,4H2,1H3. The van der Waals surface area contributed by atoms with Crippen LogP contribution in [0.3, 0.4) is 0 Å². The number of ketones is 1. The lowest BCUT2D eigenvalue weighted by Gasteiger charge is -2.00. The van der Waals surface area contributed by atoms with Crippen molar-refractivity contribution in [3.05, 3.63) is 28.5 Å². The first-order valence-electron chi connectivity index (χ1n) is 3.37. The molecule has 12 heavy (non-hydrogen) atoms. The van der Waals surface area contributed by atoms with Crippen molar-refractivity contribution >= 4 is 33.3 Å². The fraction of sp³-hybridized carbons (Fsp3) is 0.250. The van der Waals surface area contributed by atoms with E-state index in [0.717, 1.165) is 5.56 Å². The zero-order valence-corrected chi connectivity index (χ0v) is 8.82. The van der Waals surface area contributed by atoms with Crippen molar-refractivity contribution in [2.45, 2.75) is 12.3 Å². The number of nitrogens with zero attached hydrogens (tertiary/aromatic N) is 1. The van der Waals surface area contributed by atoms with Gasteiger partial charge in [-0.1, -0.05) is 33.6 Å². The third-order valence-corrected chi connectivity index (χ3v) is 2.36. The molecule has 0 amide bonds. The summed E-state index contributed by atoms with van der Waals surface area (Å²) in [5.41, 5.74) is 1.30. The van der Waals surface area contributed by atoms with Gasteiger partial charge in [0, 0.05) is 17.8 Å². The van der Waals surface area contributed by atoms with Gasteiger partial charge < -0.3 is 0 Å². The van der Waals surface area contributed by atoms with Crippen LogP contribution in [0.15, 0.2) is 12.1 Å². The van der Waals surface area contributed by atoms with Gasteiger partial charge in [0.25, 0.3) is 0 Å². The predicted octanol–water partition coefficient (Wildman–Crippen LogP) is 2.83. The summed E-state index contributed by atoms with van der Waals surface area (Å²) in [4.78, 5) is 14.8. The van der Waals surface area contributed by atoms with Crippen LogP contribution in [-0.4, -0.2) is 10.8 Å². The smallest absolute Gasteiger partial charge is 0.178 e. The Bertz CT molecular complexity index is 314. The first-order chi connectivity index (χ1) is 5.65. The van der Waals surface area contributed by atoms with Crippen LogP contribution >= 0.6 is 27.5 Å².